The van der Waals surface area contributed by atoms with Crippen LogP contribution >= 0.6 is 0 Å². The fourth-order valence-electron chi connectivity index (χ4n) is 2.79. The van der Waals surface area contributed by atoms with Gasteiger partial charge in [-0.15, -0.1) is 0 Å². The van der Waals surface area contributed by atoms with Crippen LogP contribution in [0.5, 0.6) is 17.5 Å². The number of benzene rings is 1. The number of aryl methyl sites for hydroxylation is 1. The summed E-state index contributed by atoms with van der Waals surface area (Å²) >= 11 is 0. The smallest absolute Gasteiger partial charge is 0.302 e. The summed E-state index contributed by atoms with van der Waals surface area (Å²) in [6.07, 6.45) is 3.22. The van der Waals surface area contributed by atoms with Crippen LogP contribution in [0.15, 0.2) is 47.5 Å². The molecule has 0 radical (unpaired) electrons. The van der Waals surface area contributed by atoms with Crippen molar-refractivity contribution in [2.75, 3.05) is 20.3 Å². The van der Waals surface area contributed by atoms with Gasteiger partial charge in [-0.3, -0.25) is 14.8 Å². The molecule has 0 saturated heterocycles. The number of aromatic nitrogens is 5. The van der Waals surface area contributed by atoms with Gasteiger partial charge in [0.15, 0.2) is 0 Å². The Hall–Kier alpha value is -3.72. The van der Waals surface area contributed by atoms with Crippen molar-refractivity contribution in [3.05, 3.63) is 58.9 Å². The number of aromatic amines is 2. The van der Waals surface area contributed by atoms with Crippen LogP contribution in [0.2, 0.25) is 0 Å². The molecule has 148 valence electrons. The lowest BCUT2D eigenvalue weighted by Gasteiger charge is -2.09. The van der Waals surface area contributed by atoms with E-state index < -0.39 is 0 Å². The standard InChI is InChI=1S/C20H19N5O4/c1-12-22-11-16(23-12)18-17-15(7-8-21-18)19(26)25-20(24-17)29-14-5-3-13(4-6-14)28-10-9-27-2/h3-8,11H,9-10H2,1-2H3,(H,22,23)(H,24,25,26). The topological polar surface area (TPSA) is 115 Å². The number of methoxy groups -OCH3 is 1. The lowest BCUT2D eigenvalue weighted by molar-refractivity contribution is 0.146. The van der Waals surface area contributed by atoms with Gasteiger partial charge in [-0.25, -0.2) is 4.98 Å². The van der Waals surface area contributed by atoms with E-state index in [-0.39, 0.29) is 11.6 Å². The van der Waals surface area contributed by atoms with Crippen molar-refractivity contribution >= 4 is 10.9 Å². The Morgan fingerprint density at radius 3 is 2.52 bits per heavy atom. The highest BCUT2D eigenvalue weighted by atomic mass is 16.5. The van der Waals surface area contributed by atoms with Gasteiger partial charge in [-0.1, -0.05) is 0 Å². The third kappa shape index (κ3) is 4.09. The first-order valence-corrected chi connectivity index (χ1v) is 8.94. The van der Waals surface area contributed by atoms with E-state index in [2.05, 4.69) is 24.9 Å². The Balaban J connectivity index is 1.64. The molecule has 3 heterocycles. The molecule has 0 amide bonds. The summed E-state index contributed by atoms with van der Waals surface area (Å²) in [5, 5.41) is 0.413. The molecule has 9 nitrogen and oxygen atoms in total. The minimum atomic E-state index is -0.315. The molecule has 0 aliphatic heterocycles. The van der Waals surface area contributed by atoms with Crippen molar-refractivity contribution in [2.24, 2.45) is 0 Å². The summed E-state index contributed by atoms with van der Waals surface area (Å²) < 4.78 is 16.2. The molecular formula is C20H19N5O4. The van der Waals surface area contributed by atoms with E-state index in [0.717, 1.165) is 5.82 Å². The van der Waals surface area contributed by atoms with Crippen LogP contribution < -0.4 is 15.0 Å². The maximum atomic E-state index is 12.5. The average Bonchev–Trinajstić information content (AvgIpc) is 3.15. The fraction of sp³-hybridized carbons (Fsp3) is 0.200. The molecule has 4 rings (SSSR count). The zero-order valence-electron chi connectivity index (χ0n) is 15.9. The lowest BCUT2D eigenvalue weighted by Crippen LogP contribution is -2.10. The van der Waals surface area contributed by atoms with Gasteiger partial charge >= 0.3 is 6.01 Å². The van der Waals surface area contributed by atoms with Crippen molar-refractivity contribution in [1.29, 1.82) is 0 Å². The predicted molar refractivity (Wildman–Crippen MR) is 106 cm³/mol. The maximum absolute atomic E-state index is 12.5. The number of imidazole rings is 1. The molecule has 9 heteroatoms. The zero-order valence-corrected chi connectivity index (χ0v) is 15.9. The van der Waals surface area contributed by atoms with Gasteiger partial charge in [-0.05, 0) is 37.3 Å². The van der Waals surface area contributed by atoms with Gasteiger partial charge < -0.3 is 19.2 Å². The van der Waals surface area contributed by atoms with Gasteiger partial charge in [0.05, 0.1) is 23.9 Å². The second kappa shape index (κ2) is 8.11. The molecule has 0 unspecified atom stereocenters. The Bertz CT molecular complexity index is 1180. The fourth-order valence-corrected chi connectivity index (χ4v) is 2.79. The van der Waals surface area contributed by atoms with Gasteiger partial charge in [0.25, 0.3) is 5.56 Å². The van der Waals surface area contributed by atoms with Crippen LogP contribution in [-0.2, 0) is 4.74 Å². The van der Waals surface area contributed by atoms with Crippen LogP contribution in [0.4, 0.5) is 0 Å². The second-order valence-corrected chi connectivity index (χ2v) is 6.22. The quantitative estimate of drug-likeness (QED) is 0.464. The number of nitrogens with one attached hydrogen (secondary N) is 2. The number of hydrogen-bond donors (Lipinski definition) is 2. The molecule has 0 saturated carbocycles. The van der Waals surface area contributed by atoms with E-state index >= 15 is 0 Å². The van der Waals surface area contributed by atoms with Crippen molar-refractivity contribution in [1.82, 2.24) is 24.9 Å². The molecule has 0 spiro atoms. The van der Waals surface area contributed by atoms with Crippen molar-refractivity contribution in [3.8, 4) is 28.9 Å². The highest BCUT2D eigenvalue weighted by Crippen LogP contribution is 2.25. The van der Waals surface area contributed by atoms with Gasteiger partial charge in [-0.2, -0.15) is 4.98 Å². The minimum absolute atomic E-state index is 0.0704. The average molecular weight is 393 g/mol. The van der Waals surface area contributed by atoms with E-state index in [0.29, 0.717) is 47.0 Å². The monoisotopic (exact) mass is 393 g/mol. The minimum Gasteiger partial charge on any atom is -0.491 e. The summed E-state index contributed by atoms with van der Waals surface area (Å²) in [6, 6.07) is 8.68. The molecule has 0 aliphatic rings. The predicted octanol–water partition coefficient (Wildman–Crippen LogP) is 2.83. The number of rotatable bonds is 7. The summed E-state index contributed by atoms with van der Waals surface area (Å²) in [4.78, 5) is 31.3. The van der Waals surface area contributed by atoms with E-state index in [1.54, 1.807) is 49.8 Å². The molecule has 1 aromatic carbocycles. The molecular weight excluding hydrogens is 374 g/mol. The third-order valence-corrected chi connectivity index (χ3v) is 4.16. The highest BCUT2D eigenvalue weighted by Gasteiger charge is 2.13. The first kappa shape index (κ1) is 18.6. The normalized spacial score (nSPS) is 11.0. The molecule has 2 N–H and O–H groups in total. The second-order valence-electron chi connectivity index (χ2n) is 6.22. The SMILES string of the molecule is COCCOc1ccc(Oc2nc3c(-c4cnc(C)[nH]4)nccc3c(=O)[nH]2)cc1. The Morgan fingerprint density at radius 1 is 1.00 bits per heavy atom. The number of fused-ring (bicyclic) bond motifs is 1. The maximum Gasteiger partial charge on any atom is 0.302 e. The van der Waals surface area contributed by atoms with Crippen LogP contribution in [0.3, 0.4) is 0 Å². The number of H-pyrrole nitrogens is 2. The van der Waals surface area contributed by atoms with Crippen LogP contribution in [0.25, 0.3) is 22.3 Å². The van der Waals surface area contributed by atoms with Crippen LogP contribution in [0.1, 0.15) is 5.82 Å². The summed E-state index contributed by atoms with van der Waals surface area (Å²) in [5.74, 6) is 1.94. The summed E-state index contributed by atoms with van der Waals surface area (Å²) in [7, 11) is 1.62. The van der Waals surface area contributed by atoms with E-state index in [4.69, 9.17) is 14.2 Å². The molecule has 0 aliphatic carbocycles. The van der Waals surface area contributed by atoms with Crippen molar-refractivity contribution in [3.63, 3.8) is 0 Å². The molecule has 3 aromatic heterocycles. The zero-order chi connectivity index (χ0) is 20.2. The number of hydrogen-bond acceptors (Lipinski definition) is 7. The largest absolute Gasteiger partial charge is 0.491 e. The first-order valence-electron chi connectivity index (χ1n) is 8.94. The molecule has 0 atom stereocenters. The van der Waals surface area contributed by atoms with E-state index in [1.165, 1.54) is 0 Å². The number of pyridine rings is 1. The Morgan fingerprint density at radius 2 is 1.79 bits per heavy atom. The molecule has 29 heavy (non-hydrogen) atoms. The van der Waals surface area contributed by atoms with Gasteiger partial charge in [0.2, 0.25) is 0 Å². The van der Waals surface area contributed by atoms with Crippen LogP contribution in [-0.4, -0.2) is 45.2 Å². The molecule has 4 aromatic rings. The lowest BCUT2D eigenvalue weighted by atomic mass is 10.2. The first-order chi connectivity index (χ1) is 14.1. The number of nitrogens with zero attached hydrogens (tertiary/aromatic N) is 3. The summed E-state index contributed by atoms with van der Waals surface area (Å²) in [6.45, 7) is 2.80. The Kier molecular flexibility index (Phi) is 5.21. The van der Waals surface area contributed by atoms with Crippen molar-refractivity contribution < 1.29 is 14.2 Å². The van der Waals surface area contributed by atoms with E-state index in [9.17, 15) is 4.79 Å². The van der Waals surface area contributed by atoms with E-state index in [1.807, 2.05) is 6.92 Å². The molecule has 0 fully saturated rings. The number of ether oxygens (including phenoxy) is 3. The summed E-state index contributed by atoms with van der Waals surface area (Å²) in [5.41, 5.74) is 1.31. The highest BCUT2D eigenvalue weighted by molar-refractivity contribution is 5.89. The van der Waals surface area contributed by atoms with Crippen LogP contribution in [0, 0.1) is 6.92 Å². The Labute approximate surface area is 165 Å². The van der Waals surface area contributed by atoms with Crippen molar-refractivity contribution in [2.45, 2.75) is 6.92 Å². The molecule has 0 bridgehead atoms. The van der Waals surface area contributed by atoms with Gasteiger partial charge in [0.1, 0.15) is 35.1 Å². The third-order valence-electron chi connectivity index (χ3n) is 4.16. The van der Waals surface area contributed by atoms with Gasteiger partial charge in [0, 0.05) is 13.3 Å².